The molecule has 1 atom stereocenters. The molecule has 30 heavy (non-hydrogen) atoms. The molecule has 3 aromatic carbocycles. The third-order valence-corrected chi connectivity index (χ3v) is 5.31. The van der Waals surface area contributed by atoms with Gasteiger partial charge in [-0.2, -0.15) is 0 Å². The van der Waals surface area contributed by atoms with Gasteiger partial charge >= 0.3 is 5.97 Å². The van der Waals surface area contributed by atoms with E-state index in [9.17, 15) is 9.59 Å². The Morgan fingerprint density at radius 3 is 2.17 bits per heavy atom. The van der Waals surface area contributed by atoms with E-state index in [-0.39, 0.29) is 0 Å². The number of hydrogen-bond donors (Lipinski definition) is 1. The number of hydrogen-bond acceptors (Lipinski definition) is 4. The fourth-order valence-corrected chi connectivity index (χ4v) is 3.74. The van der Waals surface area contributed by atoms with Gasteiger partial charge in [0, 0.05) is 16.1 Å². The van der Waals surface area contributed by atoms with Crippen molar-refractivity contribution in [2.45, 2.75) is 18.9 Å². The van der Waals surface area contributed by atoms with Crippen LogP contribution in [0.5, 0.6) is 11.5 Å². The molecule has 1 amide bonds. The molecule has 4 rings (SSSR count). The molecule has 0 spiro atoms. The van der Waals surface area contributed by atoms with E-state index in [4.69, 9.17) is 32.7 Å². The molecule has 0 aliphatic carbocycles. The van der Waals surface area contributed by atoms with Gasteiger partial charge in [-0.3, -0.25) is 9.59 Å². The quantitative estimate of drug-likeness (QED) is 0.519. The molecule has 152 valence electrons. The predicted octanol–water partition coefficient (Wildman–Crippen LogP) is 5.80. The number of carbonyl (C=O) groups excluding carboxylic acids is 2. The summed E-state index contributed by atoms with van der Waals surface area (Å²) in [7, 11) is 0. The summed E-state index contributed by atoms with van der Waals surface area (Å²) in [5, 5.41) is 3.40. The summed E-state index contributed by atoms with van der Waals surface area (Å²) >= 11 is 12.0. The van der Waals surface area contributed by atoms with Crippen LogP contribution in [-0.4, -0.2) is 18.0 Å². The van der Waals surface area contributed by atoms with Crippen molar-refractivity contribution in [1.29, 1.82) is 0 Å². The molecule has 5 nitrogen and oxygen atoms in total. The highest BCUT2D eigenvalue weighted by atomic mass is 35.5. The Labute approximate surface area is 183 Å². The van der Waals surface area contributed by atoms with Crippen LogP contribution in [0.3, 0.4) is 0 Å². The van der Waals surface area contributed by atoms with Gasteiger partial charge in [-0.15, -0.1) is 0 Å². The molecule has 0 radical (unpaired) electrons. The van der Waals surface area contributed by atoms with Crippen molar-refractivity contribution < 1.29 is 19.1 Å². The maximum Gasteiger partial charge on any atom is 0.318 e. The fourth-order valence-electron chi connectivity index (χ4n) is 3.28. The zero-order valence-electron chi connectivity index (χ0n) is 15.9. The van der Waals surface area contributed by atoms with Crippen LogP contribution in [0.1, 0.15) is 24.0 Å². The molecule has 0 saturated carbocycles. The molecule has 0 fully saturated rings. The molecule has 1 aliphatic rings. The topological polar surface area (TPSA) is 64.6 Å². The van der Waals surface area contributed by atoms with Crippen molar-refractivity contribution >= 4 is 40.8 Å². The van der Waals surface area contributed by atoms with E-state index in [0.29, 0.717) is 38.4 Å². The molecule has 1 heterocycles. The van der Waals surface area contributed by atoms with Crippen molar-refractivity contribution in [3.8, 4) is 11.5 Å². The van der Waals surface area contributed by atoms with Gasteiger partial charge in [0.15, 0.2) is 6.10 Å². The lowest BCUT2D eigenvalue weighted by Crippen LogP contribution is -2.32. The Hall–Kier alpha value is -3.02. The molecular formula is C23H17Cl2NO4. The molecule has 1 aliphatic heterocycles. The fraction of sp³-hybridized carbons (Fsp3) is 0.130. The number of benzene rings is 3. The Bertz CT molecular complexity index is 1090. The van der Waals surface area contributed by atoms with E-state index in [2.05, 4.69) is 5.32 Å². The monoisotopic (exact) mass is 441 g/mol. The zero-order chi connectivity index (χ0) is 21.3. The van der Waals surface area contributed by atoms with Gasteiger partial charge in [0.2, 0.25) is 0 Å². The number of carbonyl (C=O) groups is 2. The van der Waals surface area contributed by atoms with Gasteiger partial charge in [0.1, 0.15) is 17.4 Å². The summed E-state index contributed by atoms with van der Waals surface area (Å²) in [6.45, 7) is 1.51. The molecule has 0 bridgehead atoms. The molecule has 3 aromatic rings. The van der Waals surface area contributed by atoms with Crippen molar-refractivity contribution in [2.75, 3.05) is 5.32 Å². The minimum Gasteiger partial charge on any atom is -0.457 e. The molecular weight excluding hydrogens is 425 g/mol. The molecule has 0 aromatic heterocycles. The largest absolute Gasteiger partial charge is 0.457 e. The second-order valence-corrected chi connectivity index (χ2v) is 7.65. The summed E-state index contributed by atoms with van der Waals surface area (Å²) in [4.78, 5) is 25.7. The summed E-state index contributed by atoms with van der Waals surface area (Å²) in [6.07, 6.45) is -1.04. The minimum absolute atomic E-state index is 0.293. The smallest absolute Gasteiger partial charge is 0.318 e. The Kier molecular flexibility index (Phi) is 5.66. The number of rotatable bonds is 4. The highest BCUT2D eigenvalue weighted by Gasteiger charge is 2.35. The minimum atomic E-state index is -1.04. The standard InChI is InChI=1S/C23H17Cl2NO4/c1-13(22(27)26-18-11-10-14(24)12-17(18)25)29-23(28)21-15-6-2-4-8-19(15)30-20-9-5-3-7-16(20)21/h2-13,21H,1H3,(H,26,27)/t13-/m0/s1. The Morgan fingerprint density at radius 2 is 1.57 bits per heavy atom. The van der Waals surface area contributed by atoms with Crippen LogP contribution in [0.2, 0.25) is 10.0 Å². The van der Waals surface area contributed by atoms with E-state index >= 15 is 0 Å². The third-order valence-electron chi connectivity index (χ3n) is 4.77. The van der Waals surface area contributed by atoms with E-state index in [0.717, 1.165) is 0 Å². The second-order valence-electron chi connectivity index (χ2n) is 6.80. The van der Waals surface area contributed by atoms with Crippen LogP contribution >= 0.6 is 23.2 Å². The maximum absolute atomic E-state index is 13.1. The van der Waals surface area contributed by atoms with Gasteiger partial charge in [-0.25, -0.2) is 0 Å². The van der Waals surface area contributed by atoms with Crippen molar-refractivity contribution in [3.05, 3.63) is 87.9 Å². The van der Waals surface area contributed by atoms with Crippen LogP contribution in [0.15, 0.2) is 66.7 Å². The maximum atomic E-state index is 13.1. The van der Waals surface area contributed by atoms with Gasteiger partial charge in [-0.1, -0.05) is 59.6 Å². The van der Waals surface area contributed by atoms with E-state index < -0.39 is 23.9 Å². The first kappa shape index (κ1) is 20.3. The average Bonchev–Trinajstić information content (AvgIpc) is 2.73. The number of nitrogens with one attached hydrogen (secondary N) is 1. The number of ether oxygens (including phenoxy) is 2. The Morgan fingerprint density at radius 1 is 0.967 bits per heavy atom. The average molecular weight is 442 g/mol. The first-order chi connectivity index (χ1) is 14.4. The van der Waals surface area contributed by atoms with Crippen LogP contribution in [-0.2, 0) is 14.3 Å². The Balaban J connectivity index is 1.54. The lowest BCUT2D eigenvalue weighted by Gasteiger charge is -2.27. The van der Waals surface area contributed by atoms with Crippen molar-refractivity contribution in [1.82, 2.24) is 0 Å². The van der Waals surface area contributed by atoms with Gasteiger partial charge < -0.3 is 14.8 Å². The highest BCUT2D eigenvalue weighted by Crippen LogP contribution is 2.44. The van der Waals surface area contributed by atoms with E-state index in [1.54, 1.807) is 24.3 Å². The summed E-state index contributed by atoms with van der Waals surface area (Å²) in [6, 6.07) is 19.3. The number of esters is 1. The van der Waals surface area contributed by atoms with Crippen LogP contribution < -0.4 is 10.1 Å². The third kappa shape index (κ3) is 3.99. The predicted molar refractivity (Wildman–Crippen MR) is 115 cm³/mol. The summed E-state index contributed by atoms with van der Waals surface area (Å²) in [5.74, 6) is -0.559. The van der Waals surface area contributed by atoms with E-state index in [1.165, 1.54) is 13.0 Å². The number of para-hydroxylation sites is 2. The van der Waals surface area contributed by atoms with Gasteiger partial charge in [-0.05, 0) is 37.3 Å². The molecule has 1 N–H and O–H groups in total. The first-order valence-electron chi connectivity index (χ1n) is 9.26. The zero-order valence-corrected chi connectivity index (χ0v) is 17.4. The molecule has 0 unspecified atom stereocenters. The summed E-state index contributed by atoms with van der Waals surface area (Å²) in [5.41, 5.74) is 1.76. The van der Waals surface area contributed by atoms with Crippen molar-refractivity contribution in [2.24, 2.45) is 0 Å². The van der Waals surface area contributed by atoms with Crippen LogP contribution in [0.4, 0.5) is 5.69 Å². The lowest BCUT2D eigenvalue weighted by molar-refractivity contribution is -0.153. The van der Waals surface area contributed by atoms with Crippen LogP contribution in [0.25, 0.3) is 0 Å². The number of fused-ring (bicyclic) bond motifs is 2. The highest BCUT2D eigenvalue weighted by molar-refractivity contribution is 6.36. The van der Waals surface area contributed by atoms with Gasteiger partial charge in [0.05, 0.1) is 10.7 Å². The van der Waals surface area contributed by atoms with Crippen molar-refractivity contribution in [3.63, 3.8) is 0 Å². The lowest BCUT2D eigenvalue weighted by atomic mass is 9.88. The summed E-state index contributed by atoms with van der Waals surface area (Å²) < 4.78 is 11.4. The number of amides is 1. The van der Waals surface area contributed by atoms with Crippen LogP contribution in [0, 0.1) is 0 Å². The second kappa shape index (κ2) is 8.38. The number of anilines is 1. The van der Waals surface area contributed by atoms with Gasteiger partial charge in [0.25, 0.3) is 5.91 Å². The first-order valence-corrected chi connectivity index (χ1v) is 10.0. The normalized spacial score (nSPS) is 13.4. The SMILES string of the molecule is C[C@H](OC(=O)C1c2ccccc2Oc2ccccc21)C(=O)Nc1ccc(Cl)cc1Cl. The van der Waals surface area contributed by atoms with E-state index in [1.807, 2.05) is 36.4 Å². The molecule has 7 heteroatoms. The number of halogens is 2. The molecule has 0 saturated heterocycles.